The number of ketones is 1. The number of hydrogen-bond donors (Lipinski definition) is 2. The van der Waals surface area contributed by atoms with Crippen molar-refractivity contribution in [2.24, 2.45) is 5.73 Å². The highest BCUT2D eigenvalue weighted by molar-refractivity contribution is 8.01. The van der Waals surface area contributed by atoms with E-state index >= 15 is 0 Å². The number of anilines is 2. The van der Waals surface area contributed by atoms with Gasteiger partial charge in [0.25, 0.3) is 0 Å². The van der Waals surface area contributed by atoms with Gasteiger partial charge in [-0.3, -0.25) is 14.5 Å². The van der Waals surface area contributed by atoms with Crippen LogP contribution in [0.4, 0.5) is 10.8 Å². The first-order valence-corrected chi connectivity index (χ1v) is 15.1. The fraction of sp³-hybridized carbons (Fsp3) is 0.300. The van der Waals surface area contributed by atoms with Crippen molar-refractivity contribution in [3.63, 3.8) is 0 Å². The Morgan fingerprint density at radius 3 is 2.76 bits per heavy atom. The minimum absolute atomic E-state index is 0.0494. The predicted octanol–water partition coefficient (Wildman–Crippen LogP) is 5.21. The van der Waals surface area contributed by atoms with Crippen LogP contribution in [0, 0.1) is 25.2 Å². The summed E-state index contributed by atoms with van der Waals surface area (Å²) in [4.78, 5) is 27.8. The van der Waals surface area contributed by atoms with Crippen LogP contribution in [0.25, 0.3) is 0 Å². The van der Waals surface area contributed by atoms with Crippen LogP contribution < -0.4 is 25.4 Å². The van der Waals surface area contributed by atoms with Crippen molar-refractivity contribution >= 4 is 45.6 Å². The molecule has 1 aliphatic carbocycles. The predicted molar refractivity (Wildman–Crippen MR) is 163 cm³/mol. The van der Waals surface area contributed by atoms with Gasteiger partial charge < -0.3 is 20.5 Å². The van der Waals surface area contributed by atoms with Crippen LogP contribution in [-0.2, 0) is 9.59 Å². The topological polar surface area (TPSA) is 143 Å². The zero-order valence-electron chi connectivity index (χ0n) is 23.7. The summed E-state index contributed by atoms with van der Waals surface area (Å²) in [5.41, 5.74) is 11.7. The highest BCUT2D eigenvalue weighted by Gasteiger charge is 2.42. The van der Waals surface area contributed by atoms with Crippen LogP contribution in [-0.4, -0.2) is 41.9 Å². The van der Waals surface area contributed by atoms with E-state index in [1.165, 1.54) is 30.2 Å². The number of amides is 1. The van der Waals surface area contributed by atoms with E-state index in [-0.39, 0.29) is 28.8 Å². The first kappa shape index (κ1) is 29.2. The number of nitrogens with one attached hydrogen (secondary N) is 1. The van der Waals surface area contributed by atoms with Crippen LogP contribution in [0.2, 0.25) is 0 Å². The molecule has 2 aromatic carbocycles. The molecule has 1 atom stereocenters. The number of aromatic nitrogens is 2. The van der Waals surface area contributed by atoms with Gasteiger partial charge in [-0.2, -0.15) is 5.26 Å². The molecule has 3 N–H and O–H groups in total. The van der Waals surface area contributed by atoms with E-state index in [0.717, 1.165) is 16.8 Å². The Kier molecular flexibility index (Phi) is 8.51. The van der Waals surface area contributed by atoms with Gasteiger partial charge in [0, 0.05) is 35.0 Å². The third-order valence-electron chi connectivity index (χ3n) is 7.46. The summed E-state index contributed by atoms with van der Waals surface area (Å²) in [5, 5.41) is 22.3. The summed E-state index contributed by atoms with van der Waals surface area (Å²) in [6.45, 7) is 3.97. The lowest BCUT2D eigenvalue weighted by Crippen LogP contribution is -2.38. The summed E-state index contributed by atoms with van der Waals surface area (Å²) in [6, 6.07) is 13.3. The minimum Gasteiger partial charge on any atom is -0.497 e. The number of nitriles is 1. The highest BCUT2D eigenvalue weighted by Crippen LogP contribution is 2.49. The van der Waals surface area contributed by atoms with Crippen molar-refractivity contribution in [2.75, 3.05) is 30.2 Å². The Labute approximate surface area is 252 Å². The zero-order valence-corrected chi connectivity index (χ0v) is 25.3. The molecular weight excluding hydrogens is 573 g/mol. The van der Waals surface area contributed by atoms with Gasteiger partial charge in [0.05, 0.1) is 37.5 Å². The monoisotopic (exact) mass is 602 g/mol. The normalized spacial score (nSPS) is 16.7. The number of allylic oxidation sites excluding steroid dienone is 3. The molecule has 42 heavy (non-hydrogen) atoms. The molecule has 12 heteroatoms. The Balaban J connectivity index is 1.45. The van der Waals surface area contributed by atoms with Crippen LogP contribution in [0.15, 0.2) is 63.4 Å². The number of carbonyl (C=O) groups is 2. The number of hydrogen-bond acceptors (Lipinski definition) is 11. The van der Waals surface area contributed by atoms with E-state index in [1.54, 1.807) is 30.2 Å². The Morgan fingerprint density at radius 1 is 1.21 bits per heavy atom. The SMILES string of the molecule is COc1ccc(C2C(C#N)=C(N)N(c3nnc(SCC(=O)Nc4cccc(C)c4C)s3)C3=C2C(=O)CCC3)c(OC)c1. The van der Waals surface area contributed by atoms with Crippen LogP contribution in [0.3, 0.4) is 0 Å². The van der Waals surface area contributed by atoms with E-state index < -0.39 is 5.92 Å². The average Bonchev–Trinajstić information content (AvgIpc) is 3.46. The Bertz CT molecular complexity index is 1670. The fourth-order valence-electron chi connectivity index (χ4n) is 5.22. The second-order valence-electron chi connectivity index (χ2n) is 9.86. The third-order valence-corrected chi connectivity index (χ3v) is 9.50. The number of aryl methyl sites for hydroxylation is 1. The molecule has 1 aliphatic heterocycles. The molecule has 0 saturated carbocycles. The van der Waals surface area contributed by atoms with Gasteiger partial charge >= 0.3 is 0 Å². The van der Waals surface area contributed by atoms with Crippen molar-refractivity contribution in [3.05, 3.63) is 75.8 Å². The second-order valence-corrected chi connectivity index (χ2v) is 12.0. The average molecular weight is 603 g/mol. The maximum absolute atomic E-state index is 13.5. The first-order valence-electron chi connectivity index (χ1n) is 13.3. The lowest BCUT2D eigenvalue weighted by molar-refractivity contribution is -0.116. The Hall–Kier alpha value is -4.34. The Morgan fingerprint density at radius 2 is 2.02 bits per heavy atom. The molecule has 0 saturated heterocycles. The molecule has 5 rings (SSSR count). The zero-order chi connectivity index (χ0) is 30.0. The van der Waals surface area contributed by atoms with Crippen molar-refractivity contribution in [1.82, 2.24) is 10.2 Å². The number of nitrogens with two attached hydrogens (primary N) is 1. The number of rotatable bonds is 8. The smallest absolute Gasteiger partial charge is 0.234 e. The van der Waals surface area contributed by atoms with Gasteiger partial charge in [-0.1, -0.05) is 41.3 Å². The first-order chi connectivity index (χ1) is 20.3. The quantitative estimate of drug-likeness (QED) is 0.330. The van der Waals surface area contributed by atoms with Gasteiger partial charge in [-0.05, 0) is 49.9 Å². The summed E-state index contributed by atoms with van der Waals surface area (Å²) in [7, 11) is 3.09. The van der Waals surface area contributed by atoms with Gasteiger partial charge in [0.1, 0.15) is 17.3 Å². The van der Waals surface area contributed by atoms with Crippen LogP contribution >= 0.6 is 23.1 Å². The van der Waals surface area contributed by atoms with Crippen molar-refractivity contribution < 1.29 is 19.1 Å². The van der Waals surface area contributed by atoms with Gasteiger partial charge in [0.2, 0.25) is 11.0 Å². The number of ether oxygens (including phenoxy) is 2. The molecular formula is C30H30N6O4S2. The summed E-state index contributed by atoms with van der Waals surface area (Å²) >= 11 is 2.51. The van der Waals surface area contributed by atoms with E-state index in [4.69, 9.17) is 15.2 Å². The molecule has 1 aromatic heterocycles. The molecule has 10 nitrogen and oxygen atoms in total. The van der Waals surface area contributed by atoms with Crippen molar-refractivity contribution in [2.45, 2.75) is 43.4 Å². The number of benzene rings is 2. The molecule has 0 radical (unpaired) electrons. The largest absolute Gasteiger partial charge is 0.497 e. The standard InChI is InChI=1S/C30H30N6O4S2/c1-16-7-5-8-21(17(16)2)33-25(38)15-41-30-35-34-29(42-30)36-22-9-6-10-23(37)27(22)26(20(14-31)28(36)32)19-12-11-18(39-3)13-24(19)40-4/h5,7-8,11-13,26H,6,9-10,15,32H2,1-4H3,(H,33,38). The molecule has 2 aliphatic rings. The molecule has 1 unspecified atom stereocenters. The molecule has 0 bridgehead atoms. The maximum atomic E-state index is 13.5. The number of carbonyl (C=O) groups excluding carboxylic acids is 2. The van der Waals surface area contributed by atoms with Gasteiger partial charge in [-0.15, -0.1) is 10.2 Å². The minimum atomic E-state index is -0.689. The second kappa shape index (κ2) is 12.3. The molecule has 216 valence electrons. The number of nitrogens with zero attached hydrogens (tertiary/aromatic N) is 4. The van der Waals surface area contributed by atoms with Crippen LogP contribution in [0.1, 0.15) is 41.9 Å². The molecule has 3 aromatic rings. The molecule has 0 fully saturated rings. The van der Waals surface area contributed by atoms with Gasteiger partial charge in [-0.25, -0.2) is 0 Å². The lowest BCUT2D eigenvalue weighted by Gasteiger charge is -2.38. The third kappa shape index (κ3) is 5.45. The summed E-state index contributed by atoms with van der Waals surface area (Å²) in [6.07, 6.45) is 1.59. The highest BCUT2D eigenvalue weighted by atomic mass is 32.2. The van der Waals surface area contributed by atoms with Crippen molar-refractivity contribution in [3.8, 4) is 17.6 Å². The van der Waals surface area contributed by atoms with E-state index in [0.29, 0.717) is 57.1 Å². The van der Waals surface area contributed by atoms with E-state index in [1.807, 2.05) is 32.0 Å². The number of Topliss-reactive ketones (excluding diaryl/α,β-unsaturated/α-hetero) is 1. The van der Waals surface area contributed by atoms with Crippen molar-refractivity contribution in [1.29, 1.82) is 5.26 Å². The number of thioether (sulfide) groups is 1. The molecule has 0 spiro atoms. The van der Waals surface area contributed by atoms with Crippen LogP contribution in [0.5, 0.6) is 11.5 Å². The lowest BCUT2D eigenvalue weighted by atomic mass is 9.75. The fourth-order valence-corrected chi connectivity index (χ4v) is 6.90. The van der Waals surface area contributed by atoms with Gasteiger partial charge in [0.15, 0.2) is 10.1 Å². The molecule has 1 amide bonds. The molecule has 2 heterocycles. The summed E-state index contributed by atoms with van der Waals surface area (Å²) < 4.78 is 11.5. The summed E-state index contributed by atoms with van der Waals surface area (Å²) in [5.74, 6) is 0.518. The maximum Gasteiger partial charge on any atom is 0.234 e. The van der Waals surface area contributed by atoms with E-state index in [9.17, 15) is 14.9 Å². The number of methoxy groups -OCH3 is 2. The van der Waals surface area contributed by atoms with E-state index in [2.05, 4.69) is 21.6 Å².